The van der Waals surface area contributed by atoms with Crippen molar-refractivity contribution in [2.24, 2.45) is 0 Å². The maximum atomic E-state index is 6.41. The molecule has 3 rings (SSSR count). The van der Waals surface area contributed by atoms with E-state index in [1.807, 2.05) is 36.4 Å². The fourth-order valence-corrected chi connectivity index (χ4v) is 2.46. The number of ether oxygens (including phenoxy) is 1. The third-order valence-electron chi connectivity index (χ3n) is 3.34. The maximum absolute atomic E-state index is 6.41. The highest BCUT2D eigenvalue weighted by Crippen LogP contribution is 2.33. The van der Waals surface area contributed by atoms with Gasteiger partial charge < -0.3 is 4.74 Å². The van der Waals surface area contributed by atoms with Crippen LogP contribution in [0.1, 0.15) is 11.1 Å². The van der Waals surface area contributed by atoms with Gasteiger partial charge in [0.05, 0.1) is 5.02 Å². The molecule has 100 valence electrons. The van der Waals surface area contributed by atoms with E-state index >= 15 is 0 Å². The molecule has 0 aliphatic heterocycles. The summed E-state index contributed by atoms with van der Waals surface area (Å²) in [5.41, 5.74) is 2.39. The normalized spacial score (nSPS) is 10.7. The molecule has 2 heteroatoms. The highest BCUT2D eigenvalue weighted by molar-refractivity contribution is 6.37. The monoisotopic (exact) mass is 282 g/mol. The molecule has 0 aliphatic rings. The predicted octanol–water partition coefficient (Wildman–Crippen LogP) is 5.38. The van der Waals surface area contributed by atoms with Crippen molar-refractivity contribution in [1.82, 2.24) is 0 Å². The Labute approximate surface area is 123 Å². The molecule has 0 spiro atoms. The van der Waals surface area contributed by atoms with Gasteiger partial charge in [0, 0.05) is 5.39 Å². The van der Waals surface area contributed by atoms with E-state index in [9.17, 15) is 0 Å². The zero-order valence-electron chi connectivity index (χ0n) is 11.3. The lowest BCUT2D eigenvalue weighted by molar-refractivity contribution is 0.307. The minimum Gasteiger partial charge on any atom is -0.487 e. The second-order valence-corrected chi connectivity index (χ2v) is 5.25. The van der Waals surface area contributed by atoms with E-state index < -0.39 is 0 Å². The molecule has 3 aromatic rings. The predicted molar refractivity (Wildman–Crippen MR) is 84.5 cm³/mol. The first-order valence-electron chi connectivity index (χ1n) is 6.59. The summed E-state index contributed by atoms with van der Waals surface area (Å²) in [4.78, 5) is 0. The van der Waals surface area contributed by atoms with Crippen LogP contribution in [0.5, 0.6) is 5.75 Å². The Kier molecular flexibility index (Phi) is 3.62. The van der Waals surface area contributed by atoms with Crippen LogP contribution < -0.4 is 4.74 Å². The number of rotatable bonds is 3. The second kappa shape index (κ2) is 5.56. The molecule has 0 aliphatic carbocycles. The van der Waals surface area contributed by atoms with E-state index in [2.05, 4.69) is 31.2 Å². The molecular formula is C18H15ClO. The Morgan fingerprint density at radius 1 is 0.900 bits per heavy atom. The van der Waals surface area contributed by atoms with Crippen LogP contribution in [0, 0.1) is 6.92 Å². The van der Waals surface area contributed by atoms with E-state index in [4.69, 9.17) is 16.3 Å². The van der Waals surface area contributed by atoms with E-state index in [1.54, 1.807) is 0 Å². The average molecular weight is 283 g/mol. The van der Waals surface area contributed by atoms with Gasteiger partial charge in [-0.05, 0) is 23.9 Å². The first-order chi connectivity index (χ1) is 9.74. The number of hydrogen-bond acceptors (Lipinski definition) is 1. The molecule has 0 amide bonds. The van der Waals surface area contributed by atoms with Gasteiger partial charge in [0.2, 0.25) is 0 Å². The molecule has 0 fully saturated rings. The Morgan fingerprint density at radius 2 is 1.65 bits per heavy atom. The lowest BCUT2D eigenvalue weighted by atomic mass is 10.1. The standard InChI is InChI=1S/C18H15ClO/c1-13-6-8-14(9-7-13)12-20-17-11-10-15-4-2-3-5-16(15)18(17)19/h2-11H,12H2,1H3. The molecule has 1 nitrogen and oxygen atoms in total. The van der Waals surface area contributed by atoms with E-state index in [1.165, 1.54) is 5.56 Å². The summed E-state index contributed by atoms with van der Waals surface area (Å²) in [5, 5.41) is 2.82. The first kappa shape index (κ1) is 13.0. The van der Waals surface area contributed by atoms with Crippen LogP contribution in [0.4, 0.5) is 0 Å². The number of aryl methyl sites for hydroxylation is 1. The number of fused-ring (bicyclic) bond motifs is 1. The molecule has 0 bridgehead atoms. The Balaban J connectivity index is 1.84. The van der Waals surface area contributed by atoms with Crippen LogP contribution in [0.2, 0.25) is 5.02 Å². The first-order valence-corrected chi connectivity index (χ1v) is 6.97. The van der Waals surface area contributed by atoms with Gasteiger partial charge in [-0.2, -0.15) is 0 Å². The summed E-state index contributed by atoms with van der Waals surface area (Å²) in [6, 6.07) is 20.3. The van der Waals surface area contributed by atoms with E-state index in [0.717, 1.165) is 22.1 Å². The van der Waals surface area contributed by atoms with Gasteiger partial charge in [0.15, 0.2) is 0 Å². The van der Waals surface area contributed by atoms with Gasteiger partial charge in [-0.3, -0.25) is 0 Å². The van der Waals surface area contributed by atoms with Gasteiger partial charge in [0.1, 0.15) is 12.4 Å². The number of benzene rings is 3. The summed E-state index contributed by atoms with van der Waals surface area (Å²) in [7, 11) is 0. The zero-order valence-corrected chi connectivity index (χ0v) is 12.0. The van der Waals surface area contributed by atoms with Crippen molar-refractivity contribution in [2.75, 3.05) is 0 Å². The smallest absolute Gasteiger partial charge is 0.139 e. The number of hydrogen-bond donors (Lipinski definition) is 0. The molecule has 0 saturated carbocycles. The molecule has 0 unspecified atom stereocenters. The SMILES string of the molecule is Cc1ccc(COc2ccc3ccccc3c2Cl)cc1. The summed E-state index contributed by atoms with van der Waals surface area (Å²) < 4.78 is 5.84. The largest absolute Gasteiger partial charge is 0.487 e. The molecule has 0 N–H and O–H groups in total. The fourth-order valence-electron chi connectivity index (χ4n) is 2.17. The highest BCUT2D eigenvalue weighted by atomic mass is 35.5. The van der Waals surface area contributed by atoms with Crippen LogP contribution in [0.15, 0.2) is 60.7 Å². The summed E-state index contributed by atoms with van der Waals surface area (Å²) in [6.07, 6.45) is 0. The Bertz CT molecular complexity index is 732. The van der Waals surface area contributed by atoms with Crippen LogP contribution in [-0.4, -0.2) is 0 Å². The third-order valence-corrected chi connectivity index (χ3v) is 3.73. The van der Waals surface area contributed by atoms with Crippen molar-refractivity contribution in [2.45, 2.75) is 13.5 Å². The molecule has 0 heterocycles. The molecule has 0 saturated heterocycles. The quantitative estimate of drug-likeness (QED) is 0.626. The molecular weight excluding hydrogens is 268 g/mol. The minimum atomic E-state index is 0.526. The van der Waals surface area contributed by atoms with Crippen LogP contribution in [0.3, 0.4) is 0 Å². The zero-order chi connectivity index (χ0) is 13.9. The summed E-state index contributed by atoms with van der Waals surface area (Å²) >= 11 is 6.41. The molecule has 0 atom stereocenters. The van der Waals surface area contributed by atoms with Gasteiger partial charge in [0.25, 0.3) is 0 Å². The van der Waals surface area contributed by atoms with Crippen molar-refractivity contribution in [3.63, 3.8) is 0 Å². The van der Waals surface area contributed by atoms with Crippen molar-refractivity contribution < 1.29 is 4.74 Å². The summed E-state index contributed by atoms with van der Waals surface area (Å²) in [5.74, 6) is 0.728. The van der Waals surface area contributed by atoms with Gasteiger partial charge >= 0.3 is 0 Å². The van der Waals surface area contributed by atoms with Gasteiger partial charge in [-0.15, -0.1) is 0 Å². The Hall–Kier alpha value is -1.99. The lowest BCUT2D eigenvalue weighted by Crippen LogP contribution is -1.96. The van der Waals surface area contributed by atoms with Crippen molar-refractivity contribution in [1.29, 1.82) is 0 Å². The Morgan fingerprint density at radius 3 is 2.45 bits per heavy atom. The lowest BCUT2D eigenvalue weighted by Gasteiger charge is -2.10. The molecule has 0 aromatic heterocycles. The van der Waals surface area contributed by atoms with Crippen molar-refractivity contribution in [3.8, 4) is 5.75 Å². The van der Waals surface area contributed by atoms with Gasteiger partial charge in [-0.1, -0.05) is 71.8 Å². The molecule has 0 radical (unpaired) electrons. The topological polar surface area (TPSA) is 9.23 Å². The summed E-state index contributed by atoms with van der Waals surface area (Å²) in [6.45, 7) is 2.60. The van der Waals surface area contributed by atoms with Crippen LogP contribution >= 0.6 is 11.6 Å². The second-order valence-electron chi connectivity index (χ2n) is 4.87. The number of halogens is 1. The third kappa shape index (κ3) is 2.63. The van der Waals surface area contributed by atoms with Gasteiger partial charge in [-0.25, -0.2) is 0 Å². The van der Waals surface area contributed by atoms with Crippen molar-refractivity contribution >= 4 is 22.4 Å². The van der Waals surface area contributed by atoms with Crippen molar-refractivity contribution in [3.05, 3.63) is 76.8 Å². The average Bonchev–Trinajstić information content (AvgIpc) is 2.49. The minimum absolute atomic E-state index is 0.526. The molecule has 3 aromatic carbocycles. The maximum Gasteiger partial charge on any atom is 0.139 e. The van der Waals surface area contributed by atoms with Crippen LogP contribution in [-0.2, 0) is 6.61 Å². The van der Waals surface area contributed by atoms with Crippen LogP contribution in [0.25, 0.3) is 10.8 Å². The van der Waals surface area contributed by atoms with E-state index in [0.29, 0.717) is 11.6 Å². The van der Waals surface area contributed by atoms with E-state index in [-0.39, 0.29) is 0 Å². The highest BCUT2D eigenvalue weighted by Gasteiger charge is 2.06. The molecule has 20 heavy (non-hydrogen) atoms. The fraction of sp³-hybridized carbons (Fsp3) is 0.111.